The second-order valence-electron chi connectivity index (χ2n) is 6.97. The topological polar surface area (TPSA) is 93.2 Å². The van der Waals surface area contributed by atoms with Crippen LogP contribution < -0.4 is 15.4 Å². The fourth-order valence-electron chi connectivity index (χ4n) is 2.61. The van der Waals surface area contributed by atoms with Gasteiger partial charge in [-0.3, -0.25) is 14.6 Å². The smallest absolute Gasteiger partial charge is 0.272 e. The van der Waals surface area contributed by atoms with E-state index in [0.29, 0.717) is 29.9 Å². The number of carbonyl (C=O) groups is 2. The van der Waals surface area contributed by atoms with Crippen LogP contribution in [0.1, 0.15) is 41.2 Å². The molecule has 0 unspecified atom stereocenters. The van der Waals surface area contributed by atoms with Crippen molar-refractivity contribution in [3.63, 3.8) is 0 Å². The highest BCUT2D eigenvalue weighted by Crippen LogP contribution is 2.14. The summed E-state index contributed by atoms with van der Waals surface area (Å²) in [5.41, 5.74) is 2.33. The van der Waals surface area contributed by atoms with Gasteiger partial charge in [0, 0.05) is 43.4 Å². The second-order valence-corrected chi connectivity index (χ2v) is 6.97. The normalized spacial score (nSPS) is 10.9. The number of aryl methyl sites for hydroxylation is 1. The zero-order valence-electron chi connectivity index (χ0n) is 17.2. The summed E-state index contributed by atoms with van der Waals surface area (Å²) >= 11 is 0. The lowest BCUT2D eigenvalue weighted by atomic mass is 10.1. The average molecular weight is 420 g/mol. The fourth-order valence-corrected chi connectivity index (χ4v) is 2.61. The van der Waals surface area contributed by atoms with Gasteiger partial charge in [-0.15, -0.1) is 0 Å². The number of hydrogen-bond acceptors (Lipinski definition) is 5. The molecule has 0 atom stereocenters. The molecule has 0 aliphatic carbocycles. The standard InChI is InChI=1S/C21H26F2N4O3/c1-13(2)20(28)25-10-8-17-16(5-4-9-24-17)21(29)26-11-15-6-7-19(27-14(15)3)30-12-18(22)23/h4-7,9,13,18H,8,10-12H2,1-3H3,(H,25,28)(H,26,29). The van der Waals surface area contributed by atoms with Gasteiger partial charge < -0.3 is 15.4 Å². The first kappa shape index (κ1) is 23.2. The van der Waals surface area contributed by atoms with E-state index in [1.165, 1.54) is 6.07 Å². The molecule has 162 valence electrons. The van der Waals surface area contributed by atoms with Crippen LogP contribution in [0.5, 0.6) is 5.88 Å². The van der Waals surface area contributed by atoms with E-state index in [0.717, 1.165) is 5.56 Å². The van der Waals surface area contributed by atoms with Gasteiger partial charge in [-0.25, -0.2) is 13.8 Å². The number of carbonyl (C=O) groups excluding carboxylic acids is 2. The molecule has 2 aromatic heterocycles. The molecule has 7 nitrogen and oxygen atoms in total. The summed E-state index contributed by atoms with van der Waals surface area (Å²) in [5.74, 6) is -0.354. The summed E-state index contributed by atoms with van der Waals surface area (Å²) in [6.45, 7) is 5.21. The highest BCUT2D eigenvalue weighted by molar-refractivity contribution is 5.95. The van der Waals surface area contributed by atoms with Gasteiger partial charge in [0.05, 0.1) is 11.3 Å². The van der Waals surface area contributed by atoms with Gasteiger partial charge in [-0.05, 0) is 24.6 Å². The third-order valence-electron chi connectivity index (χ3n) is 4.29. The van der Waals surface area contributed by atoms with Crippen LogP contribution in [-0.4, -0.2) is 41.4 Å². The predicted molar refractivity (Wildman–Crippen MR) is 107 cm³/mol. The molecule has 30 heavy (non-hydrogen) atoms. The zero-order valence-corrected chi connectivity index (χ0v) is 17.2. The molecule has 9 heteroatoms. The van der Waals surface area contributed by atoms with Gasteiger partial charge in [-0.2, -0.15) is 0 Å². The van der Waals surface area contributed by atoms with Crippen LogP contribution >= 0.6 is 0 Å². The van der Waals surface area contributed by atoms with E-state index in [1.54, 1.807) is 31.3 Å². The van der Waals surface area contributed by atoms with Crippen LogP contribution in [0.2, 0.25) is 0 Å². The third-order valence-corrected chi connectivity index (χ3v) is 4.29. The Morgan fingerprint density at radius 2 is 1.93 bits per heavy atom. The minimum atomic E-state index is -2.57. The number of ether oxygens (including phenoxy) is 1. The van der Waals surface area contributed by atoms with E-state index < -0.39 is 13.0 Å². The number of alkyl halides is 2. The molecule has 0 aliphatic heterocycles. The Bertz CT molecular complexity index is 875. The Kier molecular flexibility index (Phi) is 8.64. The molecule has 0 aliphatic rings. The maximum Gasteiger partial charge on any atom is 0.272 e. The highest BCUT2D eigenvalue weighted by atomic mass is 19.3. The number of aromatic nitrogens is 2. The Labute approximate surface area is 174 Å². The van der Waals surface area contributed by atoms with Crippen LogP contribution in [0.4, 0.5) is 8.78 Å². The number of nitrogens with one attached hydrogen (secondary N) is 2. The van der Waals surface area contributed by atoms with Crippen molar-refractivity contribution in [2.45, 2.75) is 40.2 Å². The Morgan fingerprint density at radius 1 is 1.17 bits per heavy atom. The van der Waals surface area contributed by atoms with E-state index in [4.69, 9.17) is 4.74 Å². The number of halogens is 2. The predicted octanol–water partition coefficient (Wildman–Crippen LogP) is 2.67. The van der Waals surface area contributed by atoms with E-state index >= 15 is 0 Å². The Morgan fingerprint density at radius 3 is 2.60 bits per heavy atom. The minimum Gasteiger partial charge on any atom is -0.472 e. The van der Waals surface area contributed by atoms with Crippen LogP contribution in [0.25, 0.3) is 0 Å². The van der Waals surface area contributed by atoms with Crippen LogP contribution in [0, 0.1) is 12.8 Å². The lowest BCUT2D eigenvalue weighted by molar-refractivity contribution is -0.123. The molecular formula is C21H26F2N4O3. The van der Waals surface area contributed by atoms with Gasteiger partial charge in [0.2, 0.25) is 11.8 Å². The first-order valence-corrected chi connectivity index (χ1v) is 9.65. The molecule has 0 bridgehead atoms. The third kappa shape index (κ3) is 7.06. The number of nitrogens with zero attached hydrogens (tertiary/aromatic N) is 2. The summed E-state index contributed by atoms with van der Waals surface area (Å²) in [7, 11) is 0. The molecule has 2 heterocycles. The molecule has 0 saturated carbocycles. The number of rotatable bonds is 10. The molecule has 0 spiro atoms. The Hall–Kier alpha value is -3.10. The fraction of sp³-hybridized carbons (Fsp3) is 0.429. The van der Waals surface area contributed by atoms with Crippen molar-refractivity contribution in [1.82, 2.24) is 20.6 Å². The van der Waals surface area contributed by atoms with Gasteiger partial charge in [0.15, 0.2) is 6.61 Å². The quantitative estimate of drug-likeness (QED) is 0.617. The molecule has 2 aromatic rings. The molecule has 0 radical (unpaired) electrons. The van der Waals surface area contributed by atoms with Crippen molar-refractivity contribution >= 4 is 11.8 Å². The molecule has 2 rings (SSSR count). The van der Waals surface area contributed by atoms with Crippen LogP contribution in [0.3, 0.4) is 0 Å². The van der Waals surface area contributed by atoms with Crippen molar-refractivity contribution < 1.29 is 23.1 Å². The average Bonchev–Trinajstić information content (AvgIpc) is 2.71. The van der Waals surface area contributed by atoms with Crippen LogP contribution in [-0.2, 0) is 17.8 Å². The van der Waals surface area contributed by atoms with Gasteiger partial charge in [0.1, 0.15) is 0 Å². The van der Waals surface area contributed by atoms with Gasteiger partial charge >= 0.3 is 0 Å². The monoisotopic (exact) mass is 420 g/mol. The summed E-state index contributed by atoms with van der Waals surface area (Å²) in [4.78, 5) is 32.7. The van der Waals surface area contributed by atoms with Crippen LogP contribution in [0.15, 0.2) is 30.5 Å². The lowest BCUT2D eigenvalue weighted by Gasteiger charge is -2.12. The summed E-state index contributed by atoms with van der Waals surface area (Å²) in [6.07, 6.45) is -0.542. The van der Waals surface area contributed by atoms with Crippen molar-refractivity contribution in [2.75, 3.05) is 13.2 Å². The summed E-state index contributed by atoms with van der Waals surface area (Å²) in [6, 6.07) is 6.51. The van der Waals surface area contributed by atoms with E-state index in [2.05, 4.69) is 20.6 Å². The number of pyridine rings is 2. The highest BCUT2D eigenvalue weighted by Gasteiger charge is 2.14. The molecule has 2 amide bonds. The minimum absolute atomic E-state index is 0.0547. The summed E-state index contributed by atoms with van der Waals surface area (Å²) < 4.78 is 29.4. The molecular weight excluding hydrogens is 394 g/mol. The van der Waals surface area contributed by atoms with Crippen molar-refractivity contribution in [2.24, 2.45) is 5.92 Å². The SMILES string of the molecule is Cc1nc(OCC(F)F)ccc1CNC(=O)c1cccnc1CCNC(=O)C(C)C. The molecule has 0 aromatic carbocycles. The molecule has 0 fully saturated rings. The molecule has 0 saturated heterocycles. The number of hydrogen-bond donors (Lipinski definition) is 2. The number of amides is 2. The lowest BCUT2D eigenvalue weighted by Crippen LogP contribution is -2.30. The van der Waals surface area contributed by atoms with Crippen molar-refractivity contribution in [3.05, 3.63) is 53.0 Å². The maximum absolute atomic E-state index is 12.6. The van der Waals surface area contributed by atoms with Gasteiger partial charge in [0.25, 0.3) is 12.3 Å². The largest absolute Gasteiger partial charge is 0.472 e. The van der Waals surface area contributed by atoms with E-state index in [-0.39, 0.29) is 30.2 Å². The molecule has 2 N–H and O–H groups in total. The first-order valence-electron chi connectivity index (χ1n) is 9.65. The van der Waals surface area contributed by atoms with Crippen molar-refractivity contribution in [3.8, 4) is 5.88 Å². The zero-order chi connectivity index (χ0) is 22.1. The summed E-state index contributed by atoms with van der Waals surface area (Å²) in [5, 5.41) is 5.62. The van der Waals surface area contributed by atoms with E-state index in [9.17, 15) is 18.4 Å². The van der Waals surface area contributed by atoms with E-state index in [1.807, 2.05) is 13.8 Å². The second kappa shape index (κ2) is 11.2. The Balaban J connectivity index is 1.96. The maximum atomic E-state index is 12.6. The van der Waals surface area contributed by atoms with Crippen molar-refractivity contribution in [1.29, 1.82) is 0 Å². The first-order chi connectivity index (χ1) is 14.3. The van der Waals surface area contributed by atoms with Gasteiger partial charge in [-0.1, -0.05) is 19.9 Å².